The second-order valence-corrected chi connectivity index (χ2v) is 4.95. The zero-order chi connectivity index (χ0) is 15.5. The number of methoxy groups -OCH3 is 1. The minimum atomic E-state index is -1.22. The third kappa shape index (κ3) is 9.20. The molecule has 0 heterocycles. The Bertz CT molecular complexity index is 374. The number of nitrogens with one attached hydrogen (secondary N) is 1. The van der Waals surface area contributed by atoms with E-state index in [1.807, 2.05) is 0 Å². The fourth-order valence-corrected chi connectivity index (χ4v) is 1.90. The monoisotopic (exact) mass is 306 g/mol. The maximum atomic E-state index is 11.5. The SMILES string of the molecule is COC(=O)CCC(NC(=O)CCSCC(N)=O)C(=O)O. The highest BCUT2D eigenvalue weighted by Gasteiger charge is 2.20. The number of amides is 2. The van der Waals surface area contributed by atoms with E-state index in [-0.39, 0.29) is 25.0 Å². The van der Waals surface area contributed by atoms with Gasteiger partial charge < -0.3 is 20.9 Å². The van der Waals surface area contributed by atoms with Gasteiger partial charge in [0.05, 0.1) is 12.9 Å². The van der Waals surface area contributed by atoms with E-state index in [1.165, 1.54) is 18.9 Å². The van der Waals surface area contributed by atoms with Crippen molar-refractivity contribution in [2.24, 2.45) is 5.73 Å². The van der Waals surface area contributed by atoms with Gasteiger partial charge in [0, 0.05) is 18.6 Å². The molecule has 0 aromatic heterocycles. The van der Waals surface area contributed by atoms with Crippen LogP contribution in [0, 0.1) is 0 Å². The minimum Gasteiger partial charge on any atom is -0.480 e. The Morgan fingerprint density at radius 3 is 2.45 bits per heavy atom. The Hall–Kier alpha value is -1.77. The molecule has 0 aromatic carbocycles. The largest absolute Gasteiger partial charge is 0.480 e. The molecule has 8 nitrogen and oxygen atoms in total. The van der Waals surface area contributed by atoms with Crippen LogP contribution in [-0.4, -0.2) is 53.5 Å². The van der Waals surface area contributed by atoms with E-state index < -0.39 is 29.8 Å². The molecule has 4 N–H and O–H groups in total. The Morgan fingerprint density at radius 1 is 1.30 bits per heavy atom. The van der Waals surface area contributed by atoms with Gasteiger partial charge in [0.25, 0.3) is 0 Å². The van der Waals surface area contributed by atoms with Crippen LogP contribution in [0.3, 0.4) is 0 Å². The number of esters is 1. The summed E-state index contributed by atoms with van der Waals surface area (Å²) in [6.07, 6.45) is -0.0632. The molecular weight excluding hydrogens is 288 g/mol. The standard InChI is InChI=1S/C11H18N2O6S/c1-19-10(16)3-2-7(11(17)18)13-9(15)4-5-20-6-8(12)14/h7H,2-6H2,1H3,(H2,12,14)(H,13,15)(H,17,18). The summed E-state index contributed by atoms with van der Waals surface area (Å²) in [7, 11) is 1.20. The zero-order valence-electron chi connectivity index (χ0n) is 11.1. The highest BCUT2D eigenvalue weighted by Crippen LogP contribution is 2.03. The maximum absolute atomic E-state index is 11.5. The number of carboxylic acid groups (broad SMARTS) is 1. The molecule has 0 aliphatic carbocycles. The van der Waals surface area contributed by atoms with Crippen LogP contribution >= 0.6 is 11.8 Å². The van der Waals surface area contributed by atoms with Crippen LogP contribution < -0.4 is 11.1 Å². The zero-order valence-corrected chi connectivity index (χ0v) is 11.9. The van der Waals surface area contributed by atoms with Gasteiger partial charge in [0.1, 0.15) is 6.04 Å². The maximum Gasteiger partial charge on any atom is 0.326 e. The van der Waals surface area contributed by atoms with E-state index >= 15 is 0 Å². The molecule has 0 fully saturated rings. The lowest BCUT2D eigenvalue weighted by atomic mass is 10.1. The fourth-order valence-electron chi connectivity index (χ4n) is 1.23. The highest BCUT2D eigenvalue weighted by atomic mass is 32.2. The fraction of sp³-hybridized carbons (Fsp3) is 0.636. The number of thioether (sulfide) groups is 1. The topological polar surface area (TPSA) is 136 Å². The van der Waals surface area contributed by atoms with Gasteiger partial charge in [-0.15, -0.1) is 0 Å². The van der Waals surface area contributed by atoms with Crippen molar-refractivity contribution >= 4 is 35.5 Å². The Kier molecular flexibility index (Phi) is 9.18. The van der Waals surface area contributed by atoms with Crippen LogP contribution in [0.15, 0.2) is 0 Å². The number of hydrogen-bond donors (Lipinski definition) is 3. The molecule has 1 unspecified atom stereocenters. The first-order valence-corrected chi connectivity index (χ1v) is 6.97. The van der Waals surface area contributed by atoms with Crippen molar-refractivity contribution in [2.45, 2.75) is 25.3 Å². The first kappa shape index (κ1) is 18.2. The molecule has 0 aliphatic rings. The number of nitrogens with two attached hydrogens (primary N) is 1. The summed E-state index contributed by atoms with van der Waals surface area (Å²) in [5.74, 6) is -2.22. The van der Waals surface area contributed by atoms with E-state index in [1.54, 1.807) is 0 Å². The molecule has 0 saturated heterocycles. The Morgan fingerprint density at radius 2 is 1.95 bits per heavy atom. The molecular formula is C11H18N2O6S. The summed E-state index contributed by atoms with van der Waals surface area (Å²) in [5.41, 5.74) is 4.93. The van der Waals surface area contributed by atoms with Crippen LogP contribution in [0.2, 0.25) is 0 Å². The van der Waals surface area contributed by atoms with Crippen molar-refractivity contribution in [1.82, 2.24) is 5.32 Å². The molecule has 9 heteroatoms. The first-order chi connectivity index (χ1) is 9.36. The third-order valence-corrected chi connectivity index (χ3v) is 3.20. The molecule has 0 bridgehead atoms. The summed E-state index contributed by atoms with van der Waals surface area (Å²) in [5, 5.41) is 11.2. The van der Waals surface area contributed by atoms with Crippen molar-refractivity contribution in [3.63, 3.8) is 0 Å². The molecule has 1 atom stereocenters. The predicted molar refractivity (Wildman–Crippen MR) is 72.0 cm³/mol. The number of primary amides is 1. The van der Waals surface area contributed by atoms with Crippen LogP contribution in [0.4, 0.5) is 0 Å². The van der Waals surface area contributed by atoms with Crippen molar-refractivity contribution in [2.75, 3.05) is 18.6 Å². The van der Waals surface area contributed by atoms with Gasteiger partial charge in [0.15, 0.2) is 0 Å². The summed E-state index contributed by atoms with van der Waals surface area (Å²) in [6.45, 7) is 0. The van der Waals surface area contributed by atoms with Crippen LogP contribution in [0.1, 0.15) is 19.3 Å². The summed E-state index contributed by atoms with van der Waals surface area (Å²) in [6, 6.07) is -1.14. The molecule has 2 amide bonds. The minimum absolute atomic E-state index is 0.0395. The van der Waals surface area contributed by atoms with Gasteiger partial charge in [0.2, 0.25) is 11.8 Å². The Balaban J connectivity index is 4.04. The number of ether oxygens (including phenoxy) is 1. The van der Waals surface area contributed by atoms with E-state index in [2.05, 4.69) is 10.1 Å². The molecule has 0 saturated carbocycles. The number of carbonyl (C=O) groups excluding carboxylic acids is 3. The van der Waals surface area contributed by atoms with E-state index in [0.717, 1.165) is 0 Å². The highest BCUT2D eigenvalue weighted by molar-refractivity contribution is 7.99. The van der Waals surface area contributed by atoms with Crippen LogP contribution in [0.5, 0.6) is 0 Å². The second kappa shape index (κ2) is 10.1. The summed E-state index contributed by atoms with van der Waals surface area (Å²) in [4.78, 5) is 43.8. The normalized spacial score (nSPS) is 11.4. The predicted octanol–water partition coefficient (Wildman–Crippen LogP) is -0.882. The molecule has 0 aromatic rings. The Labute approximate surface area is 120 Å². The van der Waals surface area contributed by atoms with Crippen molar-refractivity contribution in [3.05, 3.63) is 0 Å². The van der Waals surface area contributed by atoms with E-state index in [9.17, 15) is 19.2 Å². The van der Waals surface area contributed by atoms with E-state index in [0.29, 0.717) is 5.75 Å². The average Bonchev–Trinajstić information content (AvgIpc) is 2.38. The van der Waals surface area contributed by atoms with Gasteiger partial charge in [-0.25, -0.2) is 4.79 Å². The smallest absolute Gasteiger partial charge is 0.326 e. The number of hydrogen-bond acceptors (Lipinski definition) is 6. The third-order valence-electron chi connectivity index (χ3n) is 2.22. The summed E-state index contributed by atoms with van der Waals surface area (Å²) >= 11 is 1.19. The number of carboxylic acids is 1. The molecule has 0 aliphatic heterocycles. The molecule has 0 radical (unpaired) electrons. The molecule has 20 heavy (non-hydrogen) atoms. The number of carbonyl (C=O) groups is 4. The lowest BCUT2D eigenvalue weighted by Crippen LogP contribution is -2.41. The van der Waals surface area contributed by atoms with Gasteiger partial charge >= 0.3 is 11.9 Å². The molecule has 0 rings (SSSR count). The van der Waals surface area contributed by atoms with Crippen molar-refractivity contribution < 1.29 is 29.0 Å². The van der Waals surface area contributed by atoms with Gasteiger partial charge in [-0.05, 0) is 6.42 Å². The van der Waals surface area contributed by atoms with Crippen LogP contribution in [0.25, 0.3) is 0 Å². The average molecular weight is 306 g/mol. The lowest BCUT2D eigenvalue weighted by Gasteiger charge is -2.13. The molecule has 0 spiro atoms. The summed E-state index contributed by atoms with van der Waals surface area (Å²) < 4.78 is 4.40. The quantitative estimate of drug-likeness (QED) is 0.352. The first-order valence-electron chi connectivity index (χ1n) is 5.81. The van der Waals surface area contributed by atoms with Gasteiger partial charge in [-0.3, -0.25) is 14.4 Å². The van der Waals surface area contributed by atoms with Gasteiger partial charge in [-0.2, -0.15) is 11.8 Å². The molecule has 114 valence electrons. The van der Waals surface area contributed by atoms with Crippen molar-refractivity contribution in [3.8, 4) is 0 Å². The second-order valence-electron chi connectivity index (χ2n) is 3.84. The number of aliphatic carboxylic acids is 1. The number of rotatable bonds is 10. The van der Waals surface area contributed by atoms with Crippen LogP contribution in [-0.2, 0) is 23.9 Å². The lowest BCUT2D eigenvalue weighted by molar-refractivity contribution is -0.144. The van der Waals surface area contributed by atoms with Crippen molar-refractivity contribution in [1.29, 1.82) is 0 Å². The van der Waals surface area contributed by atoms with Gasteiger partial charge in [-0.1, -0.05) is 0 Å². The van der Waals surface area contributed by atoms with E-state index in [4.69, 9.17) is 10.8 Å².